The highest BCUT2D eigenvalue weighted by Crippen LogP contribution is 2.22. The van der Waals surface area contributed by atoms with E-state index in [-0.39, 0.29) is 38.3 Å². The summed E-state index contributed by atoms with van der Waals surface area (Å²) >= 11 is 0. The summed E-state index contributed by atoms with van der Waals surface area (Å²) in [5.41, 5.74) is 8.96. The van der Waals surface area contributed by atoms with Crippen LogP contribution in [-0.2, 0) is 36.7 Å². The Balaban J connectivity index is 2.06. The van der Waals surface area contributed by atoms with Gasteiger partial charge in [0, 0.05) is 32.6 Å². The van der Waals surface area contributed by atoms with E-state index in [1.54, 1.807) is 20.8 Å². The van der Waals surface area contributed by atoms with Crippen LogP contribution in [0.15, 0.2) is 48.5 Å². The number of nitrogens with two attached hydrogens (primary N) is 1. The molecule has 10 atom stereocenters. The highest BCUT2D eigenvalue weighted by Gasteiger charge is 2.35. The zero-order valence-corrected chi connectivity index (χ0v) is 39.7. The lowest BCUT2D eigenvalue weighted by Crippen LogP contribution is -2.54. The molecule has 21 nitrogen and oxygen atoms in total. The minimum Gasteiger partial charge on any atom is -0.467 e. The van der Waals surface area contributed by atoms with Gasteiger partial charge in [-0.15, -0.1) is 0 Å². The number of nitrogens with zero attached hydrogens (tertiary/aromatic N) is 1. The van der Waals surface area contributed by atoms with Gasteiger partial charge in [0.15, 0.2) is 0 Å². The van der Waals surface area contributed by atoms with E-state index in [1.807, 2.05) is 24.3 Å². The second kappa shape index (κ2) is 31.0. The van der Waals surface area contributed by atoms with E-state index in [1.165, 1.54) is 17.6 Å². The first-order valence-electron chi connectivity index (χ1n) is 23.1. The molecule has 0 unspecified atom stereocenters. The first-order valence-corrected chi connectivity index (χ1v) is 23.1. The third-order valence-electron chi connectivity index (χ3n) is 11.1. The number of carbonyl (C=O) groups is 4. The van der Waals surface area contributed by atoms with Crippen molar-refractivity contribution in [2.45, 2.75) is 145 Å². The van der Waals surface area contributed by atoms with Gasteiger partial charge in [0.25, 0.3) is 0 Å². The summed E-state index contributed by atoms with van der Waals surface area (Å²) < 4.78 is 10.3. The van der Waals surface area contributed by atoms with Gasteiger partial charge in [0.05, 0.1) is 32.5 Å². The summed E-state index contributed by atoms with van der Waals surface area (Å²) in [6.45, 7) is 2.14. The van der Waals surface area contributed by atoms with Gasteiger partial charge < -0.3 is 82.2 Å². The lowest BCUT2D eigenvalue weighted by atomic mass is 9.99. The second-order valence-corrected chi connectivity index (χ2v) is 17.9. The SMILES string of the molecule is COC(=O)[C@H](CCCCNC(=O)[C@H](CCN(C[C@H](O)[C@@H](O)[C@H](O)[C@H](O)CO)C[C@H](O)[C@@H](O)[C@H](O)[C@H](O)CO)NC(=O)OC(C)(C)C)NC(=O)CCc1ccc(-c2ccc(CCCCN)cc2)cc1. The van der Waals surface area contributed by atoms with E-state index in [2.05, 4.69) is 40.2 Å². The fraction of sp³-hybridized carbons (Fsp3) is 0.660. The number of methoxy groups -OCH3 is 1. The van der Waals surface area contributed by atoms with Crippen LogP contribution in [0.4, 0.5) is 4.79 Å². The van der Waals surface area contributed by atoms with Crippen molar-refractivity contribution in [1.82, 2.24) is 20.9 Å². The minimum atomic E-state index is -2.04. The van der Waals surface area contributed by atoms with E-state index in [0.29, 0.717) is 25.8 Å². The van der Waals surface area contributed by atoms with Crippen LogP contribution in [0.2, 0.25) is 0 Å². The number of aliphatic hydroxyl groups excluding tert-OH is 10. The van der Waals surface area contributed by atoms with Crippen LogP contribution >= 0.6 is 0 Å². The second-order valence-electron chi connectivity index (χ2n) is 17.9. The number of esters is 1. The van der Waals surface area contributed by atoms with E-state index >= 15 is 0 Å². The van der Waals surface area contributed by atoms with Gasteiger partial charge in [-0.05, 0) is 101 Å². The van der Waals surface area contributed by atoms with Crippen molar-refractivity contribution in [2.75, 3.05) is 53.0 Å². The Morgan fingerprint density at radius 1 is 0.647 bits per heavy atom. The molecular formula is C47H77N5O16. The summed E-state index contributed by atoms with van der Waals surface area (Å²) in [7, 11) is 1.21. The molecule has 0 aliphatic heterocycles. The Morgan fingerprint density at radius 2 is 1.15 bits per heavy atom. The number of carbonyl (C=O) groups excluding carboxylic acids is 4. The molecule has 2 rings (SSSR count). The van der Waals surface area contributed by atoms with Gasteiger partial charge in [-0.25, -0.2) is 9.59 Å². The van der Waals surface area contributed by atoms with Gasteiger partial charge >= 0.3 is 12.1 Å². The van der Waals surface area contributed by atoms with Crippen LogP contribution in [0, 0.1) is 0 Å². The van der Waals surface area contributed by atoms with Crippen molar-refractivity contribution in [3.63, 3.8) is 0 Å². The predicted octanol–water partition coefficient (Wildman–Crippen LogP) is -2.03. The monoisotopic (exact) mass is 968 g/mol. The number of hydrogen-bond donors (Lipinski definition) is 14. The smallest absolute Gasteiger partial charge is 0.408 e. The van der Waals surface area contributed by atoms with Gasteiger partial charge in [-0.3, -0.25) is 14.5 Å². The van der Waals surface area contributed by atoms with E-state index in [4.69, 9.17) is 15.2 Å². The van der Waals surface area contributed by atoms with Crippen molar-refractivity contribution < 1.29 is 79.7 Å². The lowest BCUT2D eigenvalue weighted by molar-refractivity contribution is -0.145. The molecule has 0 radical (unpaired) electrons. The van der Waals surface area contributed by atoms with E-state index < -0.39 is 111 Å². The normalized spacial score (nSPS) is 16.3. The zero-order valence-electron chi connectivity index (χ0n) is 39.7. The van der Waals surface area contributed by atoms with E-state index in [0.717, 1.165) is 36.0 Å². The van der Waals surface area contributed by atoms with Crippen LogP contribution in [0.5, 0.6) is 0 Å². The van der Waals surface area contributed by atoms with Gasteiger partial charge in [-0.2, -0.15) is 0 Å². The molecule has 21 heteroatoms. The van der Waals surface area contributed by atoms with Gasteiger partial charge in [-0.1, -0.05) is 48.5 Å². The average molecular weight is 968 g/mol. The van der Waals surface area contributed by atoms with Crippen molar-refractivity contribution >= 4 is 23.9 Å². The fourth-order valence-electron chi connectivity index (χ4n) is 7.08. The maximum absolute atomic E-state index is 13.6. The highest BCUT2D eigenvalue weighted by molar-refractivity contribution is 5.86. The third kappa shape index (κ3) is 21.9. The Hall–Kier alpha value is -4.36. The average Bonchev–Trinajstić information content (AvgIpc) is 3.31. The molecule has 386 valence electrons. The van der Waals surface area contributed by atoms with Crippen molar-refractivity contribution in [1.29, 1.82) is 0 Å². The van der Waals surface area contributed by atoms with Crippen LogP contribution in [0.3, 0.4) is 0 Å². The van der Waals surface area contributed by atoms with Crippen LogP contribution in [-0.4, -0.2) is 199 Å². The minimum absolute atomic E-state index is 0.0533. The standard InChI is InChI=1S/C47H77N5O16/c1-47(2,3)68-46(66)51-33(21-24-52(25-35(55)40(60)42(62)37(57)27-53)26-36(56)41(61)43(63)38(58)28-54)44(64)49-23-8-6-10-34(45(65)67-4)50-39(59)20-15-30-13-18-32(19-14-30)31-16-11-29(12-17-31)9-5-7-22-48/h11-14,16-19,33-38,40-43,53-58,60-63H,5-10,15,20-28,48H2,1-4H3,(H,49,64)(H,50,59)(H,51,66)/t33-,34-,35-,36-,37+,38+,40+,41+,42+,43+/m0/s1. The van der Waals surface area contributed by atoms with Gasteiger partial charge in [0.2, 0.25) is 11.8 Å². The van der Waals surface area contributed by atoms with Crippen LogP contribution < -0.4 is 21.7 Å². The summed E-state index contributed by atoms with van der Waals surface area (Å²) in [6, 6.07) is 14.0. The number of unbranched alkanes of at least 4 members (excludes halogenated alkanes) is 2. The molecule has 0 bridgehead atoms. The number of aryl methyl sites for hydroxylation is 2. The van der Waals surface area contributed by atoms with Crippen LogP contribution in [0.1, 0.15) is 76.8 Å². The third-order valence-corrected chi connectivity index (χ3v) is 11.1. The topological polar surface area (TPSA) is 354 Å². The number of rotatable bonds is 32. The molecule has 68 heavy (non-hydrogen) atoms. The first-order chi connectivity index (χ1) is 32.1. The number of aliphatic hydroxyl groups is 10. The summed E-state index contributed by atoms with van der Waals surface area (Å²) in [6.07, 6.45) is -12.3. The number of ether oxygens (including phenoxy) is 2. The molecule has 0 aliphatic rings. The number of alkyl carbamates (subject to hydrolysis) is 1. The molecule has 0 spiro atoms. The molecule has 3 amide bonds. The first kappa shape index (κ1) is 59.8. The Labute approximate surface area is 398 Å². The summed E-state index contributed by atoms with van der Waals surface area (Å²) in [5, 5.41) is 109. The summed E-state index contributed by atoms with van der Waals surface area (Å²) in [5.74, 6) is -1.69. The quantitative estimate of drug-likeness (QED) is 0.0278. The molecule has 2 aromatic rings. The number of nitrogens with one attached hydrogen (secondary N) is 3. The Kier molecular flexibility index (Phi) is 27.2. The molecular weight excluding hydrogens is 891 g/mol. The maximum atomic E-state index is 13.6. The molecule has 0 aliphatic carbocycles. The Bertz CT molecular complexity index is 1740. The number of hydrogen-bond acceptors (Lipinski definition) is 18. The summed E-state index contributed by atoms with van der Waals surface area (Å²) in [4.78, 5) is 53.2. The fourth-order valence-corrected chi connectivity index (χ4v) is 7.08. The van der Waals surface area contributed by atoms with Crippen LogP contribution in [0.25, 0.3) is 11.1 Å². The molecule has 0 saturated carbocycles. The van der Waals surface area contributed by atoms with Gasteiger partial charge in [0.1, 0.15) is 54.3 Å². The highest BCUT2D eigenvalue weighted by atomic mass is 16.6. The Morgan fingerprint density at radius 3 is 1.62 bits per heavy atom. The molecule has 2 aromatic carbocycles. The van der Waals surface area contributed by atoms with E-state index in [9.17, 15) is 70.2 Å². The largest absolute Gasteiger partial charge is 0.467 e. The maximum Gasteiger partial charge on any atom is 0.408 e. The predicted molar refractivity (Wildman–Crippen MR) is 249 cm³/mol. The number of benzene rings is 2. The van der Waals surface area contributed by atoms with Crippen molar-refractivity contribution in [3.8, 4) is 11.1 Å². The molecule has 15 N–H and O–H groups in total. The van der Waals surface area contributed by atoms with Crippen molar-refractivity contribution in [2.24, 2.45) is 5.73 Å². The zero-order chi connectivity index (χ0) is 51.0. The van der Waals surface area contributed by atoms with Crippen molar-refractivity contribution in [3.05, 3.63) is 59.7 Å². The molecule has 0 saturated heterocycles. The lowest BCUT2D eigenvalue weighted by Gasteiger charge is -2.34. The molecule has 0 fully saturated rings. The number of amides is 3. The molecule has 0 heterocycles. The molecule has 0 aromatic heterocycles.